The highest BCUT2D eigenvalue weighted by Gasteiger charge is 2.20. The van der Waals surface area contributed by atoms with Gasteiger partial charge in [-0.25, -0.2) is 13.1 Å². The highest BCUT2D eigenvalue weighted by Crippen LogP contribution is 2.22. The lowest BCUT2D eigenvalue weighted by Gasteiger charge is -2.10. The van der Waals surface area contributed by atoms with Crippen LogP contribution < -0.4 is 10.5 Å². The number of hydrogen-bond donors (Lipinski definition) is 2. The van der Waals surface area contributed by atoms with Crippen LogP contribution in [0.5, 0.6) is 0 Å². The van der Waals surface area contributed by atoms with Gasteiger partial charge in [-0.05, 0) is 24.9 Å². The molecule has 3 N–H and O–H groups in total. The van der Waals surface area contributed by atoms with Crippen molar-refractivity contribution in [2.24, 2.45) is 5.73 Å². The Hall–Kier alpha value is -1.22. The van der Waals surface area contributed by atoms with E-state index in [1.807, 2.05) is 0 Å². The first-order valence-electron chi connectivity index (χ1n) is 5.89. The van der Waals surface area contributed by atoms with Gasteiger partial charge in [-0.15, -0.1) is 12.4 Å². The topological polar surface area (TPSA) is 115 Å². The van der Waals surface area contributed by atoms with Gasteiger partial charge in [-0.2, -0.15) is 0 Å². The van der Waals surface area contributed by atoms with Crippen LogP contribution in [0.25, 0.3) is 0 Å². The number of nitrogens with zero attached hydrogens (tertiary/aromatic N) is 1. The van der Waals surface area contributed by atoms with Gasteiger partial charge in [0.25, 0.3) is 5.69 Å². The van der Waals surface area contributed by atoms with Crippen LogP contribution in [0.4, 0.5) is 5.69 Å². The highest BCUT2D eigenvalue weighted by atomic mass is 35.5. The van der Waals surface area contributed by atoms with Crippen LogP contribution in [-0.2, 0) is 16.4 Å². The number of aryl methyl sites for hydroxylation is 1. The smallest absolute Gasteiger partial charge is 0.270 e. The first-order valence-corrected chi connectivity index (χ1v) is 7.37. The van der Waals surface area contributed by atoms with Gasteiger partial charge in [0.05, 0.1) is 9.82 Å². The van der Waals surface area contributed by atoms with Crippen molar-refractivity contribution in [3.8, 4) is 0 Å². The number of hydrogen-bond acceptors (Lipinski definition) is 5. The maximum atomic E-state index is 12.1. The Labute approximate surface area is 124 Å². The summed E-state index contributed by atoms with van der Waals surface area (Å²) in [5, 5.41) is 10.7. The molecule has 0 atom stereocenters. The molecule has 0 heterocycles. The van der Waals surface area contributed by atoms with Crippen LogP contribution in [0, 0.1) is 10.1 Å². The van der Waals surface area contributed by atoms with Gasteiger partial charge in [0.1, 0.15) is 0 Å². The fourth-order valence-corrected chi connectivity index (χ4v) is 2.99. The predicted molar refractivity (Wildman–Crippen MR) is 78.6 cm³/mol. The fraction of sp³-hybridized carbons (Fsp3) is 0.455. The minimum atomic E-state index is -3.74. The monoisotopic (exact) mass is 323 g/mol. The van der Waals surface area contributed by atoms with Crippen molar-refractivity contribution in [1.82, 2.24) is 4.72 Å². The van der Waals surface area contributed by atoms with Crippen molar-refractivity contribution < 1.29 is 13.3 Å². The third-order valence-corrected chi connectivity index (χ3v) is 4.15. The number of halogens is 1. The fourth-order valence-electron chi connectivity index (χ4n) is 1.59. The summed E-state index contributed by atoms with van der Waals surface area (Å²) in [6, 6.07) is 3.86. The molecule has 0 aliphatic heterocycles. The first-order chi connectivity index (χ1) is 8.92. The van der Waals surface area contributed by atoms with Gasteiger partial charge < -0.3 is 5.73 Å². The predicted octanol–water partition coefficient (Wildman–Crippen LogP) is 1.21. The molecule has 0 amide bonds. The number of non-ortho nitro benzene ring substituents is 1. The van der Waals surface area contributed by atoms with E-state index in [1.165, 1.54) is 12.1 Å². The van der Waals surface area contributed by atoms with E-state index in [-0.39, 0.29) is 29.5 Å². The molecule has 114 valence electrons. The molecule has 0 radical (unpaired) electrons. The highest BCUT2D eigenvalue weighted by molar-refractivity contribution is 7.89. The van der Waals surface area contributed by atoms with E-state index in [4.69, 9.17) is 5.73 Å². The molecule has 1 aromatic rings. The van der Waals surface area contributed by atoms with Crippen LogP contribution in [0.3, 0.4) is 0 Å². The maximum absolute atomic E-state index is 12.1. The average Bonchev–Trinajstić information content (AvgIpc) is 2.38. The summed E-state index contributed by atoms with van der Waals surface area (Å²) in [4.78, 5) is 10.1. The van der Waals surface area contributed by atoms with Gasteiger partial charge in [0.15, 0.2) is 0 Å². The third-order valence-electron chi connectivity index (χ3n) is 2.60. The van der Waals surface area contributed by atoms with Crippen molar-refractivity contribution in [3.63, 3.8) is 0 Å². The number of nitrogens with two attached hydrogens (primary N) is 1. The standard InChI is InChI=1S/C11H17N3O4S.ClH/c1-2-9-4-5-10(14(15)16)8-11(9)19(17,18)13-7-3-6-12;/h4-5,8,13H,2-3,6-7,12H2,1H3;1H. The summed E-state index contributed by atoms with van der Waals surface area (Å²) >= 11 is 0. The molecule has 0 saturated carbocycles. The van der Waals surface area contributed by atoms with Gasteiger partial charge in [-0.1, -0.05) is 13.0 Å². The van der Waals surface area contributed by atoms with E-state index in [9.17, 15) is 18.5 Å². The van der Waals surface area contributed by atoms with Crippen molar-refractivity contribution in [2.45, 2.75) is 24.7 Å². The van der Waals surface area contributed by atoms with E-state index in [1.54, 1.807) is 6.92 Å². The Bertz CT molecular complexity index is 563. The molecule has 0 spiro atoms. The van der Waals surface area contributed by atoms with Crippen LogP contribution in [0.2, 0.25) is 0 Å². The number of rotatable bonds is 7. The summed E-state index contributed by atoms with van der Waals surface area (Å²) in [6.45, 7) is 2.38. The minimum absolute atomic E-state index is 0. The lowest BCUT2D eigenvalue weighted by atomic mass is 10.1. The van der Waals surface area contributed by atoms with Crippen LogP contribution in [-0.4, -0.2) is 26.4 Å². The van der Waals surface area contributed by atoms with Gasteiger partial charge in [-0.3, -0.25) is 10.1 Å². The lowest BCUT2D eigenvalue weighted by Crippen LogP contribution is -2.27. The molecular weight excluding hydrogens is 306 g/mol. The van der Waals surface area contributed by atoms with Gasteiger partial charge in [0, 0.05) is 18.7 Å². The molecule has 0 saturated heterocycles. The molecule has 0 aliphatic carbocycles. The number of nitro benzene ring substituents is 1. The second-order valence-corrected chi connectivity index (χ2v) is 5.68. The van der Waals surface area contributed by atoms with E-state index < -0.39 is 14.9 Å². The van der Waals surface area contributed by atoms with Gasteiger partial charge >= 0.3 is 0 Å². The second-order valence-electron chi connectivity index (χ2n) is 3.94. The van der Waals surface area contributed by atoms with Crippen LogP contribution in [0.1, 0.15) is 18.9 Å². The quantitative estimate of drug-likeness (QED) is 0.444. The molecule has 0 aromatic heterocycles. The number of benzene rings is 1. The molecule has 7 nitrogen and oxygen atoms in total. The van der Waals surface area contributed by atoms with Crippen molar-refractivity contribution in [3.05, 3.63) is 33.9 Å². The van der Waals surface area contributed by atoms with E-state index >= 15 is 0 Å². The Balaban J connectivity index is 0.00000361. The largest absolute Gasteiger partial charge is 0.330 e. The summed E-state index contributed by atoms with van der Waals surface area (Å²) in [7, 11) is -3.74. The summed E-state index contributed by atoms with van der Waals surface area (Å²) < 4.78 is 26.6. The molecule has 20 heavy (non-hydrogen) atoms. The van der Waals surface area contributed by atoms with Crippen molar-refractivity contribution in [1.29, 1.82) is 0 Å². The van der Waals surface area contributed by atoms with E-state index in [0.717, 1.165) is 6.07 Å². The van der Waals surface area contributed by atoms with Crippen molar-refractivity contribution in [2.75, 3.05) is 13.1 Å². The maximum Gasteiger partial charge on any atom is 0.270 e. The molecule has 0 bridgehead atoms. The first kappa shape index (κ1) is 18.8. The number of nitrogens with one attached hydrogen (secondary N) is 1. The number of nitro groups is 1. The summed E-state index contributed by atoms with van der Waals surface area (Å²) in [6.07, 6.45) is 0.987. The lowest BCUT2D eigenvalue weighted by molar-refractivity contribution is -0.385. The van der Waals surface area contributed by atoms with Gasteiger partial charge in [0.2, 0.25) is 10.0 Å². The Morgan fingerprint density at radius 1 is 1.40 bits per heavy atom. The summed E-state index contributed by atoms with van der Waals surface area (Å²) in [5.74, 6) is 0. The second kappa shape index (κ2) is 8.15. The SMILES string of the molecule is CCc1ccc([N+](=O)[O-])cc1S(=O)(=O)NCCCN.Cl. The van der Waals surface area contributed by atoms with E-state index in [2.05, 4.69) is 4.72 Å². The zero-order valence-electron chi connectivity index (χ0n) is 11.0. The normalized spacial score (nSPS) is 10.9. The zero-order chi connectivity index (χ0) is 14.5. The molecule has 1 rings (SSSR count). The Morgan fingerprint density at radius 3 is 2.55 bits per heavy atom. The summed E-state index contributed by atoms with van der Waals surface area (Å²) in [5.41, 5.74) is 5.60. The third kappa shape index (κ3) is 4.71. The molecule has 0 fully saturated rings. The van der Waals surface area contributed by atoms with Crippen LogP contribution in [0.15, 0.2) is 23.1 Å². The molecular formula is C11H18ClN3O4S. The average molecular weight is 324 g/mol. The molecule has 0 unspecified atom stereocenters. The Kier molecular flexibility index (Phi) is 7.66. The number of sulfonamides is 1. The van der Waals surface area contributed by atoms with Crippen molar-refractivity contribution >= 4 is 28.1 Å². The molecule has 9 heteroatoms. The minimum Gasteiger partial charge on any atom is -0.330 e. The zero-order valence-corrected chi connectivity index (χ0v) is 12.7. The molecule has 0 aliphatic rings. The molecule has 1 aromatic carbocycles. The van der Waals surface area contributed by atoms with Crippen LogP contribution >= 0.6 is 12.4 Å². The Morgan fingerprint density at radius 2 is 2.05 bits per heavy atom. The van der Waals surface area contributed by atoms with E-state index in [0.29, 0.717) is 24.9 Å².